The minimum absolute atomic E-state index is 0.673. The maximum Gasteiger partial charge on any atom is 0.0570 e. The highest BCUT2D eigenvalue weighted by Gasteiger charge is 2.34. The summed E-state index contributed by atoms with van der Waals surface area (Å²) in [5.74, 6) is 0. The second-order valence-electron chi connectivity index (χ2n) is 5.64. The quantitative estimate of drug-likeness (QED) is 0.884. The van der Waals surface area contributed by atoms with Gasteiger partial charge >= 0.3 is 0 Å². The summed E-state index contributed by atoms with van der Waals surface area (Å²) in [6.45, 7) is 5.66. The van der Waals surface area contributed by atoms with Crippen LogP contribution in [0.15, 0.2) is 18.3 Å². The largest absolute Gasteiger partial charge is 0.307 e. The van der Waals surface area contributed by atoms with Crippen molar-refractivity contribution in [2.24, 2.45) is 0 Å². The van der Waals surface area contributed by atoms with Crippen molar-refractivity contribution >= 4 is 0 Å². The van der Waals surface area contributed by atoms with E-state index in [1.807, 2.05) is 12.3 Å². The SMILES string of the molecule is Cc1cccnc1CNC1CCN2CCCCC12. The smallest absolute Gasteiger partial charge is 0.0570 e. The highest BCUT2D eigenvalue weighted by Crippen LogP contribution is 2.27. The van der Waals surface area contributed by atoms with Crippen LogP contribution in [-0.2, 0) is 6.54 Å². The number of rotatable bonds is 3. The molecule has 1 aromatic heterocycles. The molecule has 3 rings (SSSR count). The van der Waals surface area contributed by atoms with E-state index in [2.05, 4.69) is 28.2 Å². The van der Waals surface area contributed by atoms with Crippen molar-refractivity contribution in [1.29, 1.82) is 0 Å². The van der Waals surface area contributed by atoms with E-state index in [-0.39, 0.29) is 0 Å². The molecule has 0 bridgehead atoms. The topological polar surface area (TPSA) is 28.2 Å². The zero-order valence-corrected chi connectivity index (χ0v) is 11.2. The Morgan fingerprint density at radius 3 is 3.17 bits per heavy atom. The van der Waals surface area contributed by atoms with E-state index in [9.17, 15) is 0 Å². The molecule has 2 aliphatic rings. The van der Waals surface area contributed by atoms with E-state index in [4.69, 9.17) is 0 Å². The molecule has 3 nitrogen and oxygen atoms in total. The van der Waals surface area contributed by atoms with Crippen LogP contribution in [0.5, 0.6) is 0 Å². The van der Waals surface area contributed by atoms with Crippen LogP contribution in [0.3, 0.4) is 0 Å². The van der Waals surface area contributed by atoms with Crippen molar-refractivity contribution in [3.8, 4) is 0 Å². The average Bonchev–Trinajstić information content (AvgIpc) is 2.81. The Morgan fingerprint density at radius 1 is 1.33 bits per heavy atom. The summed E-state index contributed by atoms with van der Waals surface area (Å²) in [6.07, 6.45) is 7.37. The molecule has 2 atom stereocenters. The Hall–Kier alpha value is -0.930. The molecule has 1 aromatic rings. The van der Waals surface area contributed by atoms with Gasteiger partial charge in [0.15, 0.2) is 0 Å². The van der Waals surface area contributed by atoms with E-state index in [0.717, 1.165) is 12.6 Å². The lowest BCUT2D eigenvalue weighted by Crippen LogP contribution is -2.44. The molecule has 2 saturated heterocycles. The molecule has 0 aromatic carbocycles. The van der Waals surface area contributed by atoms with Gasteiger partial charge in [-0.15, -0.1) is 0 Å². The average molecular weight is 245 g/mol. The van der Waals surface area contributed by atoms with Crippen molar-refractivity contribution in [2.45, 2.75) is 51.2 Å². The number of hydrogen-bond acceptors (Lipinski definition) is 3. The fourth-order valence-electron chi connectivity index (χ4n) is 3.42. The third-order valence-electron chi connectivity index (χ3n) is 4.51. The van der Waals surface area contributed by atoms with Crippen LogP contribution in [-0.4, -0.2) is 35.1 Å². The van der Waals surface area contributed by atoms with Crippen LogP contribution >= 0.6 is 0 Å². The molecule has 1 N–H and O–H groups in total. The number of pyridine rings is 1. The number of nitrogens with zero attached hydrogens (tertiary/aromatic N) is 2. The third-order valence-corrected chi connectivity index (χ3v) is 4.51. The minimum atomic E-state index is 0.673. The number of nitrogens with one attached hydrogen (secondary N) is 1. The van der Waals surface area contributed by atoms with Gasteiger partial charge in [0.2, 0.25) is 0 Å². The molecule has 0 spiro atoms. The van der Waals surface area contributed by atoms with E-state index >= 15 is 0 Å². The van der Waals surface area contributed by atoms with E-state index in [1.165, 1.54) is 50.0 Å². The van der Waals surface area contributed by atoms with Gasteiger partial charge in [0.25, 0.3) is 0 Å². The van der Waals surface area contributed by atoms with Gasteiger partial charge in [-0.25, -0.2) is 0 Å². The normalized spacial score (nSPS) is 28.3. The molecule has 3 heterocycles. The standard InChI is InChI=1S/C15H23N3/c1-12-5-4-8-16-14(12)11-17-13-7-10-18-9-3-2-6-15(13)18/h4-5,8,13,15,17H,2-3,6-7,9-11H2,1H3. The van der Waals surface area contributed by atoms with Gasteiger partial charge in [-0.1, -0.05) is 12.5 Å². The van der Waals surface area contributed by atoms with Gasteiger partial charge in [-0.3, -0.25) is 9.88 Å². The molecule has 98 valence electrons. The van der Waals surface area contributed by atoms with E-state index in [1.54, 1.807) is 0 Å². The lowest BCUT2D eigenvalue weighted by atomic mass is 9.99. The highest BCUT2D eigenvalue weighted by atomic mass is 15.2. The number of fused-ring (bicyclic) bond motifs is 1. The Bertz CT molecular complexity index is 404. The molecular weight excluding hydrogens is 222 g/mol. The van der Waals surface area contributed by atoms with Crippen LogP contribution in [0, 0.1) is 6.92 Å². The zero-order valence-electron chi connectivity index (χ0n) is 11.2. The first-order valence-corrected chi connectivity index (χ1v) is 7.22. The summed E-state index contributed by atoms with van der Waals surface area (Å²) in [5.41, 5.74) is 2.50. The van der Waals surface area contributed by atoms with Gasteiger partial charge in [-0.05, 0) is 44.4 Å². The highest BCUT2D eigenvalue weighted by molar-refractivity contribution is 5.17. The minimum Gasteiger partial charge on any atom is -0.307 e. The van der Waals surface area contributed by atoms with Crippen molar-refractivity contribution in [3.63, 3.8) is 0 Å². The van der Waals surface area contributed by atoms with Crippen LogP contribution < -0.4 is 5.32 Å². The fourth-order valence-corrected chi connectivity index (χ4v) is 3.42. The van der Waals surface area contributed by atoms with E-state index < -0.39 is 0 Å². The van der Waals surface area contributed by atoms with Gasteiger partial charge in [0.1, 0.15) is 0 Å². The Balaban J connectivity index is 1.59. The molecule has 2 unspecified atom stereocenters. The van der Waals surface area contributed by atoms with Gasteiger partial charge in [0, 0.05) is 31.4 Å². The molecular formula is C15H23N3. The predicted molar refractivity (Wildman–Crippen MR) is 73.4 cm³/mol. The van der Waals surface area contributed by atoms with Gasteiger partial charge in [-0.2, -0.15) is 0 Å². The molecule has 3 heteroatoms. The van der Waals surface area contributed by atoms with Crippen LogP contribution in [0.2, 0.25) is 0 Å². The Labute approximate surface area is 110 Å². The summed E-state index contributed by atoms with van der Waals surface area (Å²) in [6, 6.07) is 5.61. The molecule has 18 heavy (non-hydrogen) atoms. The first kappa shape index (κ1) is 12.1. The van der Waals surface area contributed by atoms with Gasteiger partial charge < -0.3 is 5.32 Å². The second-order valence-corrected chi connectivity index (χ2v) is 5.64. The molecule has 0 radical (unpaired) electrons. The van der Waals surface area contributed by atoms with Crippen molar-refractivity contribution in [2.75, 3.05) is 13.1 Å². The van der Waals surface area contributed by atoms with Crippen molar-refractivity contribution in [3.05, 3.63) is 29.6 Å². The summed E-state index contributed by atoms with van der Waals surface area (Å²) in [7, 11) is 0. The maximum atomic E-state index is 4.47. The summed E-state index contributed by atoms with van der Waals surface area (Å²) >= 11 is 0. The first-order chi connectivity index (χ1) is 8.84. The fraction of sp³-hybridized carbons (Fsp3) is 0.667. The molecule has 0 saturated carbocycles. The molecule has 0 aliphatic carbocycles. The lowest BCUT2D eigenvalue weighted by Gasteiger charge is -2.32. The lowest BCUT2D eigenvalue weighted by molar-refractivity contribution is 0.180. The van der Waals surface area contributed by atoms with Crippen LogP contribution in [0.25, 0.3) is 0 Å². The van der Waals surface area contributed by atoms with Crippen molar-refractivity contribution in [1.82, 2.24) is 15.2 Å². The number of piperidine rings is 1. The number of aryl methyl sites for hydroxylation is 1. The Kier molecular flexibility index (Phi) is 3.62. The summed E-state index contributed by atoms with van der Waals surface area (Å²) < 4.78 is 0. The monoisotopic (exact) mass is 245 g/mol. The predicted octanol–water partition coefficient (Wildman–Crippen LogP) is 2.11. The molecule has 0 amide bonds. The van der Waals surface area contributed by atoms with E-state index in [0.29, 0.717) is 6.04 Å². The molecule has 2 fully saturated rings. The maximum absolute atomic E-state index is 4.47. The summed E-state index contributed by atoms with van der Waals surface area (Å²) in [4.78, 5) is 7.14. The number of hydrogen-bond donors (Lipinski definition) is 1. The first-order valence-electron chi connectivity index (χ1n) is 7.22. The van der Waals surface area contributed by atoms with Crippen LogP contribution in [0.1, 0.15) is 36.9 Å². The third kappa shape index (κ3) is 2.43. The second kappa shape index (κ2) is 5.37. The summed E-state index contributed by atoms with van der Waals surface area (Å²) in [5, 5.41) is 3.73. The number of aromatic nitrogens is 1. The van der Waals surface area contributed by atoms with Crippen LogP contribution in [0.4, 0.5) is 0 Å². The zero-order chi connectivity index (χ0) is 12.4. The Morgan fingerprint density at radius 2 is 2.28 bits per heavy atom. The molecule has 2 aliphatic heterocycles. The van der Waals surface area contributed by atoms with Crippen molar-refractivity contribution < 1.29 is 0 Å². The van der Waals surface area contributed by atoms with Gasteiger partial charge in [0.05, 0.1) is 5.69 Å².